The van der Waals surface area contributed by atoms with Crippen LogP contribution in [-0.4, -0.2) is 12.5 Å². The van der Waals surface area contributed by atoms with Gasteiger partial charge in [-0.2, -0.15) is 0 Å². The minimum Gasteiger partial charge on any atom is -0.399 e. The van der Waals surface area contributed by atoms with Crippen LogP contribution in [0.15, 0.2) is 18.2 Å². The number of aryl methyl sites for hydroxylation is 1. The molecule has 0 bridgehead atoms. The summed E-state index contributed by atoms with van der Waals surface area (Å²) in [5, 5.41) is 2.93. The minimum atomic E-state index is -0.00769. The highest BCUT2D eigenvalue weighted by atomic mass is 35.5. The Kier molecular flexibility index (Phi) is 4.19. The second kappa shape index (κ2) is 5.21. The first kappa shape index (κ1) is 12.8. The predicted molar refractivity (Wildman–Crippen MR) is 67.9 cm³/mol. The average molecular weight is 241 g/mol. The van der Waals surface area contributed by atoms with Crippen molar-refractivity contribution in [1.29, 1.82) is 0 Å². The summed E-state index contributed by atoms with van der Waals surface area (Å²) in [6.45, 7) is 2.72. The van der Waals surface area contributed by atoms with Gasteiger partial charge in [-0.05, 0) is 43.4 Å². The first-order chi connectivity index (χ1) is 7.16. The molecule has 0 unspecified atom stereocenters. The van der Waals surface area contributed by atoms with E-state index in [-0.39, 0.29) is 18.3 Å². The van der Waals surface area contributed by atoms with Gasteiger partial charge in [0.15, 0.2) is 0 Å². The van der Waals surface area contributed by atoms with E-state index in [2.05, 4.69) is 5.32 Å². The van der Waals surface area contributed by atoms with E-state index in [1.54, 1.807) is 6.07 Å². The third-order valence-corrected chi connectivity index (χ3v) is 2.75. The molecule has 0 spiro atoms. The number of anilines is 1. The fraction of sp³-hybridized carbons (Fsp3) is 0.417. The standard InChI is InChI=1S/C12H16N2O.ClH/c1-8-2-5-10(13)6-11(8)12(15)14-7-9-3-4-9;/h2,5-6,9H,3-4,7,13H2,1H3,(H,14,15);1H. The van der Waals surface area contributed by atoms with Crippen molar-refractivity contribution in [2.45, 2.75) is 19.8 Å². The lowest BCUT2D eigenvalue weighted by molar-refractivity contribution is 0.0951. The zero-order valence-corrected chi connectivity index (χ0v) is 10.1. The topological polar surface area (TPSA) is 55.1 Å². The maximum Gasteiger partial charge on any atom is 0.251 e. The minimum absolute atomic E-state index is 0. The molecular formula is C12H17ClN2O. The van der Waals surface area contributed by atoms with E-state index < -0.39 is 0 Å². The number of nitrogens with one attached hydrogen (secondary N) is 1. The lowest BCUT2D eigenvalue weighted by Crippen LogP contribution is -2.26. The molecule has 1 saturated carbocycles. The summed E-state index contributed by atoms with van der Waals surface area (Å²) < 4.78 is 0. The molecule has 1 fully saturated rings. The van der Waals surface area contributed by atoms with Gasteiger partial charge >= 0.3 is 0 Å². The van der Waals surface area contributed by atoms with Crippen molar-refractivity contribution in [2.75, 3.05) is 12.3 Å². The Morgan fingerprint density at radius 1 is 1.50 bits per heavy atom. The molecular weight excluding hydrogens is 224 g/mol. The van der Waals surface area contributed by atoms with E-state index in [1.807, 2.05) is 19.1 Å². The highest BCUT2D eigenvalue weighted by Gasteiger charge is 2.22. The second-order valence-corrected chi connectivity index (χ2v) is 4.23. The number of amides is 1. The average Bonchev–Trinajstić information content (AvgIpc) is 3.02. The van der Waals surface area contributed by atoms with Crippen LogP contribution in [0.25, 0.3) is 0 Å². The Balaban J connectivity index is 0.00000128. The van der Waals surface area contributed by atoms with Crippen molar-refractivity contribution in [1.82, 2.24) is 5.32 Å². The van der Waals surface area contributed by atoms with Crippen molar-refractivity contribution in [2.24, 2.45) is 5.92 Å². The van der Waals surface area contributed by atoms with Crippen LogP contribution in [0.2, 0.25) is 0 Å². The molecule has 16 heavy (non-hydrogen) atoms. The monoisotopic (exact) mass is 240 g/mol. The van der Waals surface area contributed by atoms with Crippen molar-refractivity contribution < 1.29 is 4.79 Å². The maximum absolute atomic E-state index is 11.8. The second-order valence-electron chi connectivity index (χ2n) is 4.23. The maximum atomic E-state index is 11.8. The number of nitrogen functional groups attached to an aromatic ring is 1. The Hall–Kier alpha value is -1.22. The predicted octanol–water partition coefficient (Wildman–Crippen LogP) is 2.14. The van der Waals surface area contributed by atoms with Crippen LogP contribution in [-0.2, 0) is 0 Å². The number of nitrogens with two attached hydrogens (primary N) is 1. The van der Waals surface area contributed by atoms with Gasteiger partial charge in [-0.25, -0.2) is 0 Å². The van der Waals surface area contributed by atoms with Gasteiger partial charge in [-0.1, -0.05) is 6.07 Å². The summed E-state index contributed by atoms with van der Waals surface area (Å²) in [4.78, 5) is 11.8. The van der Waals surface area contributed by atoms with Crippen molar-refractivity contribution in [3.63, 3.8) is 0 Å². The molecule has 1 amide bonds. The number of benzene rings is 1. The number of hydrogen-bond donors (Lipinski definition) is 2. The Morgan fingerprint density at radius 3 is 2.81 bits per heavy atom. The quantitative estimate of drug-likeness (QED) is 0.796. The smallest absolute Gasteiger partial charge is 0.251 e. The largest absolute Gasteiger partial charge is 0.399 e. The number of carbonyl (C=O) groups excluding carboxylic acids is 1. The van der Waals surface area contributed by atoms with Crippen LogP contribution in [0.1, 0.15) is 28.8 Å². The van der Waals surface area contributed by atoms with Crippen molar-refractivity contribution >= 4 is 24.0 Å². The summed E-state index contributed by atoms with van der Waals surface area (Å²) in [6, 6.07) is 5.42. The lowest BCUT2D eigenvalue weighted by Gasteiger charge is -2.07. The highest BCUT2D eigenvalue weighted by molar-refractivity contribution is 5.96. The Morgan fingerprint density at radius 2 is 2.19 bits per heavy atom. The molecule has 0 heterocycles. The van der Waals surface area contributed by atoms with Gasteiger partial charge < -0.3 is 11.1 Å². The molecule has 3 N–H and O–H groups in total. The van der Waals surface area contributed by atoms with Gasteiger partial charge in [0.1, 0.15) is 0 Å². The third-order valence-electron chi connectivity index (χ3n) is 2.75. The molecule has 4 heteroatoms. The van der Waals surface area contributed by atoms with E-state index in [9.17, 15) is 4.79 Å². The van der Waals surface area contributed by atoms with Crippen LogP contribution in [0.3, 0.4) is 0 Å². The summed E-state index contributed by atoms with van der Waals surface area (Å²) in [6.07, 6.45) is 2.49. The van der Waals surface area contributed by atoms with E-state index in [0.29, 0.717) is 17.2 Å². The van der Waals surface area contributed by atoms with Crippen LogP contribution < -0.4 is 11.1 Å². The summed E-state index contributed by atoms with van der Waals surface area (Å²) in [5.41, 5.74) is 7.95. The molecule has 1 aromatic carbocycles. The van der Waals surface area contributed by atoms with Crippen LogP contribution in [0.4, 0.5) is 5.69 Å². The third kappa shape index (κ3) is 3.14. The molecule has 0 aromatic heterocycles. The van der Waals surface area contributed by atoms with Crippen LogP contribution in [0.5, 0.6) is 0 Å². The molecule has 88 valence electrons. The number of carbonyl (C=O) groups is 1. The summed E-state index contributed by atoms with van der Waals surface area (Å²) in [5.74, 6) is 0.696. The van der Waals surface area contributed by atoms with Gasteiger partial charge in [0.05, 0.1) is 0 Å². The van der Waals surface area contributed by atoms with E-state index in [1.165, 1.54) is 12.8 Å². The molecule has 3 nitrogen and oxygen atoms in total. The lowest BCUT2D eigenvalue weighted by atomic mass is 10.1. The molecule has 1 aliphatic carbocycles. The molecule has 2 rings (SSSR count). The van der Waals surface area contributed by atoms with Gasteiger partial charge in [0.25, 0.3) is 5.91 Å². The number of rotatable bonds is 3. The highest BCUT2D eigenvalue weighted by Crippen LogP contribution is 2.27. The normalized spacial score (nSPS) is 14.1. The van der Waals surface area contributed by atoms with Gasteiger partial charge in [-0.3, -0.25) is 4.79 Å². The van der Waals surface area contributed by atoms with E-state index >= 15 is 0 Å². The van der Waals surface area contributed by atoms with Gasteiger partial charge in [0.2, 0.25) is 0 Å². The first-order valence-electron chi connectivity index (χ1n) is 5.31. The Bertz CT molecular complexity index is 389. The summed E-state index contributed by atoms with van der Waals surface area (Å²) >= 11 is 0. The molecule has 1 aromatic rings. The molecule has 0 atom stereocenters. The van der Waals surface area contributed by atoms with E-state index in [0.717, 1.165) is 12.1 Å². The zero-order valence-electron chi connectivity index (χ0n) is 9.32. The van der Waals surface area contributed by atoms with Gasteiger partial charge in [-0.15, -0.1) is 12.4 Å². The Labute approximate surface area is 102 Å². The molecule has 0 saturated heterocycles. The number of hydrogen-bond acceptors (Lipinski definition) is 2. The summed E-state index contributed by atoms with van der Waals surface area (Å²) in [7, 11) is 0. The molecule has 1 aliphatic rings. The number of halogens is 1. The SMILES string of the molecule is Cc1ccc(N)cc1C(=O)NCC1CC1.Cl. The fourth-order valence-electron chi connectivity index (χ4n) is 1.54. The van der Waals surface area contributed by atoms with E-state index in [4.69, 9.17) is 5.73 Å². The van der Waals surface area contributed by atoms with Crippen LogP contribution in [0, 0.1) is 12.8 Å². The van der Waals surface area contributed by atoms with Crippen molar-refractivity contribution in [3.8, 4) is 0 Å². The molecule has 0 aliphatic heterocycles. The molecule has 0 radical (unpaired) electrons. The first-order valence-corrected chi connectivity index (χ1v) is 5.31. The van der Waals surface area contributed by atoms with Crippen LogP contribution >= 0.6 is 12.4 Å². The zero-order chi connectivity index (χ0) is 10.8. The van der Waals surface area contributed by atoms with Gasteiger partial charge in [0, 0.05) is 17.8 Å². The fourth-order valence-corrected chi connectivity index (χ4v) is 1.54. The van der Waals surface area contributed by atoms with Crippen molar-refractivity contribution in [3.05, 3.63) is 29.3 Å².